The molecule has 1 aromatic rings. The van der Waals surface area contributed by atoms with Crippen LogP contribution in [-0.2, 0) is 16.0 Å². The zero-order valence-electron chi connectivity index (χ0n) is 16.7. The number of imide groups is 1. The van der Waals surface area contributed by atoms with E-state index in [1.165, 1.54) is 0 Å². The van der Waals surface area contributed by atoms with Gasteiger partial charge >= 0.3 is 18.2 Å². The minimum Gasteiger partial charge on any atom is -0.480 e. The summed E-state index contributed by atoms with van der Waals surface area (Å²) in [5.41, 5.74) is 0.793. The van der Waals surface area contributed by atoms with Gasteiger partial charge in [0.25, 0.3) is 0 Å². The quantitative estimate of drug-likeness (QED) is 0.616. The Bertz CT molecular complexity index is 842. The predicted octanol–water partition coefficient (Wildman–Crippen LogP) is 4.41. The van der Waals surface area contributed by atoms with E-state index < -0.39 is 48.0 Å². The molecule has 3 rings (SSSR count). The van der Waals surface area contributed by atoms with Crippen molar-refractivity contribution >= 4 is 29.5 Å². The Morgan fingerprint density at radius 2 is 1.90 bits per heavy atom. The highest BCUT2D eigenvalue weighted by molar-refractivity contribution is 6.30. The van der Waals surface area contributed by atoms with Crippen LogP contribution in [-0.4, -0.2) is 46.2 Å². The van der Waals surface area contributed by atoms with E-state index in [1.807, 2.05) is 5.32 Å². The molecule has 170 valence electrons. The van der Waals surface area contributed by atoms with Gasteiger partial charge in [0.2, 0.25) is 5.91 Å². The van der Waals surface area contributed by atoms with E-state index in [9.17, 15) is 32.7 Å². The first-order valence-corrected chi connectivity index (χ1v) is 10.6. The lowest BCUT2D eigenvalue weighted by Crippen LogP contribution is -2.69. The van der Waals surface area contributed by atoms with Crippen LogP contribution in [0.2, 0.25) is 5.02 Å². The molecular formula is C21H24ClF3N2O4. The van der Waals surface area contributed by atoms with E-state index in [0.717, 1.165) is 12.0 Å². The minimum absolute atomic E-state index is 0.144. The van der Waals surface area contributed by atoms with E-state index in [0.29, 0.717) is 42.0 Å². The molecular weight excluding hydrogens is 437 g/mol. The summed E-state index contributed by atoms with van der Waals surface area (Å²) in [5.74, 6) is -3.97. The number of urea groups is 1. The molecule has 2 aliphatic rings. The number of alkyl halides is 3. The van der Waals surface area contributed by atoms with Crippen molar-refractivity contribution in [3.05, 3.63) is 34.9 Å². The van der Waals surface area contributed by atoms with E-state index in [4.69, 9.17) is 11.6 Å². The number of halogens is 4. The molecule has 1 heterocycles. The summed E-state index contributed by atoms with van der Waals surface area (Å²) >= 11 is 5.92. The molecule has 6 nitrogen and oxygen atoms in total. The maximum absolute atomic E-state index is 13.6. The van der Waals surface area contributed by atoms with Crippen LogP contribution in [0.25, 0.3) is 0 Å². The predicted molar refractivity (Wildman–Crippen MR) is 106 cm³/mol. The third-order valence-corrected chi connectivity index (χ3v) is 6.31. The van der Waals surface area contributed by atoms with E-state index in [1.54, 1.807) is 24.3 Å². The molecule has 0 bridgehead atoms. The monoisotopic (exact) mass is 460 g/mol. The Morgan fingerprint density at radius 1 is 1.23 bits per heavy atom. The van der Waals surface area contributed by atoms with Gasteiger partial charge in [0.05, 0.1) is 5.92 Å². The Hall–Kier alpha value is -2.29. The molecule has 3 amide bonds. The molecule has 1 aromatic carbocycles. The van der Waals surface area contributed by atoms with Crippen LogP contribution in [0.5, 0.6) is 0 Å². The number of nitrogens with zero attached hydrogens (tertiary/aromatic N) is 1. The number of aliphatic carboxylic acids is 1. The maximum atomic E-state index is 13.6. The molecule has 3 atom stereocenters. The Morgan fingerprint density at radius 3 is 2.48 bits per heavy atom. The van der Waals surface area contributed by atoms with E-state index >= 15 is 0 Å². The van der Waals surface area contributed by atoms with Gasteiger partial charge in [0.15, 0.2) is 6.04 Å². The topological polar surface area (TPSA) is 86.7 Å². The molecule has 0 radical (unpaired) electrons. The summed E-state index contributed by atoms with van der Waals surface area (Å²) in [7, 11) is 0. The van der Waals surface area contributed by atoms with Crippen LogP contribution in [0.1, 0.15) is 44.1 Å². The van der Waals surface area contributed by atoms with Gasteiger partial charge in [-0.1, -0.05) is 43.0 Å². The Balaban J connectivity index is 1.68. The zero-order chi connectivity index (χ0) is 22.8. The highest BCUT2D eigenvalue weighted by Crippen LogP contribution is 2.36. The summed E-state index contributed by atoms with van der Waals surface area (Å²) in [5, 5.41) is 11.9. The standard InChI is InChI=1S/C21H24ClF3N2O4/c22-14-8-4-5-12(11-14)9-10-15-16(19(29)30)27(18(15)28)20(31)26-17(21(23,24)25)13-6-2-1-3-7-13/h4-5,8,11,13,15-17H,1-3,6-7,9-10H2,(H,26,31)(H,29,30). The van der Waals surface area contributed by atoms with Crippen molar-refractivity contribution < 1.29 is 32.7 Å². The first-order chi connectivity index (χ1) is 14.6. The van der Waals surface area contributed by atoms with Crippen molar-refractivity contribution in [2.45, 2.75) is 63.2 Å². The van der Waals surface area contributed by atoms with Crippen molar-refractivity contribution in [1.82, 2.24) is 10.2 Å². The van der Waals surface area contributed by atoms with Gasteiger partial charge in [-0.15, -0.1) is 0 Å². The second-order valence-corrected chi connectivity index (χ2v) is 8.57. The van der Waals surface area contributed by atoms with Crippen molar-refractivity contribution in [3.8, 4) is 0 Å². The number of carbonyl (C=O) groups is 3. The van der Waals surface area contributed by atoms with Gasteiger partial charge in [-0.3, -0.25) is 4.79 Å². The van der Waals surface area contributed by atoms with E-state index in [-0.39, 0.29) is 6.42 Å². The van der Waals surface area contributed by atoms with Crippen molar-refractivity contribution in [1.29, 1.82) is 0 Å². The smallest absolute Gasteiger partial charge is 0.408 e. The summed E-state index contributed by atoms with van der Waals surface area (Å²) in [6, 6.07) is 1.95. The van der Waals surface area contributed by atoms with Crippen LogP contribution in [0.3, 0.4) is 0 Å². The molecule has 0 spiro atoms. The number of carboxylic acids is 1. The number of benzene rings is 1. The average molecular weight is 461 g/mol. The molecule has 10 heteroatoms. The summed E-state index contributed by atoms with van der Waals surface area (Å²) < 4.78 is 40.7. The lowest BCUT2D eigenvalue weighted by molar-refractivity contribution is -0.173. The van der Waals surface area contributed by atoms with Gasteiger partial charge in [0.1, 0.15) is 6.04 Å². The molecule has 1 saturated heterocycles. The largest absolute Gasteiger partial charge is 0.480 e. The molecule has 1 saturated carbocycles. The van der Waals surface area contributed by atoms with Crippen LogP contribution in [0.4, 0.5) is 18.0 Å². The number of carbonyl (C=O) groups excluding carboxylic acids is 2. The molecule has 2 N–H and O–H groups in total. The normalized spacial score (nSPS) is 23.2. The first-order valence-electron chi connectivity index (χ1n) is 10.3. The third kappa shape index (κ3) is 5.31. The number of nitrogens with one attached hydrogen (secondary N) is 1. The number of aryl methyl sites for hydroxylation is 1. The first kappa shape index (κ1) is 23.4. The molecule has 1 aliphatic carbocycles. The van der Waals surface area contributed by atoms with Crippen LogP contribution in [0.15, 0.2) is 24.3 Å². The number of amides is 3. The highest BCUT2D eigenvalue weighted by Gasteiger charge is 2.56. The summed E-state index contributed by atoms with van der Waals surface area (Å²) in [6.45, 7) is 0. The second-order valence-electron chi connectivity index (χ2n) is 8.13. The molecule has 1 aliphatic heterocycles. The number of β-lactam (4-membered cyclic amide) rings is 1. The minimum atomic E-state index is -4.68. The second kappa shape index (κ2) is 9.46. The number of hydrogen-bond acceptors (Lipinski definition) is 3. The Kier molecular flexibility index (Phi) is 7.13. The third-order valence-electron chi connectivity index (χ3n) is 6.07. The average Bonchev–Trinajstić information content (AvgIpc) is 2.69. The number of rotatable bonds is 6. The van der Waals surface area contributed by atoms with Gasteiger partial charge in [-0.25, -0.2) is 14.5 Å². The number of hydrogen-bond donors (Lipinski definition) is 2. The lowest BCUT2D eigenvalue weighted by atomic mass is 9.82. The van der Waals surface area contributed by atoms with Crippen molar-refractivity contribution in [2.75, 3.05) is 0 Å². The lowest BCUT2D eigenvalue weighted by Gasteiger charge is -2.44. The maximum Gasteiger partial charge on any atom is 0.408 e. The summed E-state index contributed by atoms with van der Waals surface area (Å²) in [4.78, 5) is 37.1. The highest BCUT2D eigenvalue weighted by atomic mass is 35.5. The van der Waals surface area contributed by atoms with Crippen molar-refractivity contribution in [2.24, 2.45) is 11.8 Å². The van der Waals surface area contributed by atoms with Crippen LogP contribution < -0.4 is 5.32 Å². The van der Waals surface area contributed by atoms with Crippen molar-refractivity contribution in [3.63, 3.8) is 0 Å². The molecule has 31 heavy (non-hydrogen) atoms. The van der Waals surface area contributed by atoms with Crippen LogP contribution in [0, 0.1) is 11.8 Å². The zero-order valence-corrected chi connectivity index (χ0v) is 17.5. The molecule has 2 fully saturated rings. The van der Waals surface area contributed by atoms with Gasteiger partial charge in [0, 0.05) is 5.02 Å². The van der Waals surface area contributed by atoms with E-state index in [2.05, 4.69) is 0 Å². The number of carboxylic acid groups (broad SMARTS) is 1. The fraction of sp³-hybridized carbons (Fsp3) is 0.571. The van der Waals surface area contributed by atoms with Crippen LogP contribution >= 0.6 is 11.6 Å². The van der Waals surface area contributed by atoms with Gasteiger partial charge in [-0.05, 0) is 49.3 Å². The molecule has 0 aromatic heterocycles. The SMILES string of the molecule is O=C(O)C1C(CCc2cccc(Cl)c2)C(=O)N1C(=O)NC(C1CCCCC1)C(F)(F)F. The Labute approximate surface area is 182 Å². The number of likely N-dealkylation sites (tertiary alicyclic amines) is 1. The fourth-order valence-corrected chi connectivity index (χ4v) is 4.70. The van der Waals surface area contributed by atoms with Gasteiger partial charge in [-0.2, -0.15) is 13.2 Å². The fourth-order valence-electron chi connectivity index (χ4n) is 4.49. The molecule has 3 unspecified atom stereocenters. The van der Waals surface area contributed by atoms with Gasteiger partial charge < -0.3 is 10.4 Å². The summed E-state index contributed by atoms with van der Waals surface area (Å²) in [6.07, 6.45) is -1.43.